The van der Waals surface area contributed by atoms with Gasteiger partial charge in [0, 0.05) is 18.9 Å². The lowest BCUT2D eigenvalue weighted by Gasteiger charge is -2.23. The van der Waals surface area contributed by atoms with Crippen LogP contribution in [0.3, 0.4) is 0 Å². The Bertz CT molecular complexity index is 980. The molecule has 1 spiro atoms. The molecule has 2 aromatic rings. The van der Waals surface area contributed by atoms with E-state index in [-0.39, 0.29) is 24.0 Å². The summed E-state index contributed by atoms with van der Waals surface area (Å²) in [7, 11) is 0. The molecule has 1 aromatic carbocycles. The second-order valence-corrected chi connectivity index (χ2v) is 7.35. The first-order valence-electron chi connectivity index (χ1n) is 9.19. The van der Waals surface area contributed by atoms with Crippen LogP contribution >= 0.6 is 0 Å². The normalized spacial score (nSPS) is 30.0. The summed E-state index contributed by atoms with van der Waals surface area (Å²) in [5, 5.41) is 2.88. The fourth-order valence-corrected chi connectivity index (χ4v) is 4.48. The standard InChI is InChI=1S/C21H18FN3O3/c22-14-5-1-2-6-15(14)25-12-21-8-7-16(28-21)17(18(21)20(25)27)19(26)24-11-13-4-3-9-23-10-13/h1-10,16-18H,11-12H2,(H,24,26)/t16-,17-,18+,21-/m1/s1. The molecule has 1 aromatic heterocycles. The van der Waals surface area contributed by atoms with Crippen LogP contribution in [-0.2, 0) is 20.9 Å². The van der Waals surface area contributed by atoms with Crippen molar-refractivity contribution in [1.29, 1.82) is 0 Å². The van der Waals surface area contributed by atoms with Gasteiger partial charge >= 0.3 is 0 Å². The number of anilines is 1. The Morgan fingerprint density at radius 2 is 2.18 bits per heavy atom. The average molecular weight is 379 g/mol. The number of benzene rings is 1. The highest BCUT2D eigenvalue weighted by Crippen LogP contribution is 2.52. The maximum Gasteiger partial charge on any atom is 0.234 e. The third-order valence-electron chi connectivity index (χ3n) is 5.74. The largest absolute Gasteiger partial charge is 0.360 e. The van der Waals surface area contributed by atoms with Gasteiger partial charge in [-0.25, -0.2) is 4.39 Å². The van der Waals surface area contributed by atoms with Gasteiger partial charge in [0.15, 0.2) is 0 Å². The Morgan fingerprint density at radius 1 is 1.32 bits per heavy atom. The summed E-state index contributed by atoms with van der Waals surface area (Å²) < 4.78 is 20.3. The van der Waals surface area contributed by atoms with Gasteiger partial charge in [-0.1, -0.05) is 30.4 Å². The molecule has 5 rings (SSSR count). The number of halogens is 1. The van der Waals surface area contributed by atoms with Crippen LogP contribution in [0.2, 0.25) is 0 Å². The van der Waals surface area contributed by atoms with Gasteiger partial charge in [-0.3, -0.25) is 14.6 Å². The van der Waals surface area contributed by atoms with E-state index < -0.39 is 29.4 Å². The summed E-state index contributed by atoms with van der Waals surface area (Å²) in [5.41, 5.74) is 0.211. The highest BCUT2D eigenvalue weighted by atomic mass is 19.1. The summed E-state index contributed by atoms with van der Waals surface area (Å²) in [6, 6.07) is 9.82. The first-order chi connectivity index (χ1) is 13.6. The summed E-state index contributed by atoms with van der Waals surface area (Å²) in [6.07, 6.45) is 6.60. The van der Waals surface area contributed by atoms with Crippen molar-refractivity contribution in [3.63, 3.8) is 0 Å². The van der Waals surface area contributed by atoms with Crippen molar-refractivity contribution in [2.75, 3.05) is 11.4 Å². The lowest BCUT2D eigenvalue weighted by atomic mass is 9.77. The van der Waals surface area contributed by atoms with Crippen molar-refractivity contribution in [2.45, 2.75) is 18.2 Å². The molecule has 28 heavy (non-hydrogen) atoms. The third-order valence-corrected chi connectivity index (χ3v) is 5.74. The zero-order valence-corrected chi connectivity index (χ0v) is 14.9. The quantitative estimate of drug-likeness (QED) is 0.823. The molecule has 7 heteroatoms. The van der Waals surface area contributed by atoms with E-state index >= 15 is 0 Å². The second kappa shape index (κ2) is 6.24. The molecule has 6 nitrogen and oxygen atoms in total. The molecular weight excluding hydrogens is 361 g/mol. The van der Waals surface area contributed by atoms with E-state index in [1.807, 2.05) is 18.2 Å². The molecular formula is C21H18FN3O3. The van der Waals surface area contributed by atoms with Crippen LogP contribution < -0.4 is 10.2 Å². The minimum Gasteiger partial charge on any atom is -0.360 e. The Hall–Kier alpha value is -3.06. The Kier molecular flexibility index (Phi) is 3.80. The highest BCUT2D eigenvalue weighted by molar-refractivity contribution is 6.03. The highest BCUT2D eigenvalue weighted by Gasteiger charge is 2.67. The van der Waals surface area contributed by atoms with Crippen LogP contribution in [0.25, 0.3) is 0 Å². The summed E-state index contributed by atoms with van der Waals surface area (Å²) in [6.45, 7) is 0.529. The van der Waals surface area contributed by atoms with E-state index in [0.717, 1.165) is 5.56 Å². The minimum absolute atomic E-state index is 0.205. The lowest BCUT2D eigenvalue weighted by Crippen LogP contribution is -2.44. The average Bonchev–Trinajstić information content (AvgIpc) is 3.36. The molecule has 0 unspecified atom stereocenters. The number of ether oxygens (including phenoxy) is 1. The molecule has 2 amide bonds. The van der Waals surface area contributed by atoms with Gasteiger partial charge in [0.2, 0.25) is 11.8 Å². The van der Waals surface area contributed by atoms with E-state index in [4.69, 9.17) is 4.74 Å². The number of aromatic nitrogens is 1. The maximum absolute atomic E-state index is 14.3. The fraction of sp³-hybridized carbons (Fsp3) is 0.286. The second-order valence-electron chi connectivity index (χ2n) is 7.35. The number of carbonyl (C=O) groups excluding carboxylic acids is 2. The molecule has 3 aliphatic rings. The number of amides is 2. The molecule has 0 aliphatic carbocycles. The SMILES string of the molecule is O=C(NCc1cccnc1)[C@H]1[C@H]2C(=O)N(c3ccccc3F)C[C@]23C=C[C@H]1O3. The molecule has 142 valence electrons. The van der Waals surface area contributed by atoms with Gasteiger partial charge in [-0.05, 0) is 23.8 Å². The molecule has 0 saturated carbocycles. The zero-order chi connectivity index (χ0) is 19.3. The van der Waals surface area contributed by atoms with Crippen molar-refractivity contribution in [2.24, 2.45) is 11.8 Å². The van der Waals surface area contributed by atoms with Gasteiger partial charge in [0.05, 0.1) is 30.2 Å². The van der Waals surface area contributed by atoms with Crippen molar-refractivity contribution in [3.8, 4) is 0 Å². The Morgan fingerprint density at radius 3 is 2.96 bits per heavy atom. The van der Waals surface area contributed by atoms with E-state index in [1.165, 1.54) is 11.0 Å². The number of para-hydroxylation sites is 1. The van der Waals surface area contributed by atoms with Crippen LogP contribution in [0.1, 0.15) is 5.56 Å². The molecule has 2 saturated heterocycles. The Balaban J connectivity index is 1.40. The number of pyridine rings is 1. The number of hydrogen-bond acceptors (Lipinski definition) is 4. The van der Waals surface area contributed by atoms with Crippen LogP contribution in [0.4, 0.5) is 10.1 Å². The van der Waals surface area contributed by atoms with E-state index in [2.05, 4.69) is 10.3 Å². The maximum atomic E-state index is 14.3. The van der Waals surface area contributed by atoms with Gasteiger partial charge in [0.1, 0.15) is 11.4 Å². The first kappa shape index (κ1) is 17.1. The van der Waals surface area contributed by atoms with Gasteiger partial charge in [-0.2, -0.15) is 0 Å². The minimum atomic E-state index is -0.875. The van der Waals surface area contributed by atoms with E-state index in [0.29, 0.717) is 6.54 Å². The number of rotatable bonds is 4. The smallest absolute Gasteiger partial charge is 0.234 e. The van der Waals surface area contributed by atoms with Crippen LogP contribution in [0.15, 0.2) is 60.9 Å². The number of fused-ring (bicyclic) bond motifs is 1. The molecule has 2 fully saturated rings. The van der Waals surface area contributed by atoms with Crippen molar-refractivity contribution >= 4 is 17.5 Å². The topological polar surface area (TPSA) is 71.5 Å². The van der Waals surface area contributed by atoms with Gasteiger partial charge in [-0.15, -0.1) is 0 Å². The molecule has 4 atom stereocenters. The van der Waals surface area contributed by atoms with E-state index in [1.54, 1.807) is 36.7 Å². The lowest BCUT2D eigenvalue weighted by molar-refractivity contribution is -0.132. The van der Waals surface area contributed by atoms with Crippen LogP contribution in [-0.4, -0.2) is 35.0 Å². The summed E-state index contributed by atoms with van der Waals surface area (Å²) in [5.74, 6) is -2.28. The molecule has 1 N–H and O–H groups in total. The fourth-order valence-electron chi connectivity index (χ4n) is 4.48. The van der Waals surface area contributed by atoms with Crippen LogP contribution in [0, 0.1) is 17.7 Å². The number of hydrogen-bond donors (Lipinski definition) is 1. The summed E-state index contributed by atoms with van der Waals surface area (Å²) in [4.78, 5) is 31.5. The summed E-state index contributed by atoms with van der Waals surface area (Å²) >= 11 is 0. The predicted octanol–water partition coefficient (Wildman–Crippen LogP) is 1.82. The Labute approximate surface area is 161 Å². The van der Waals surface area contributed by atoms with Gasteiger partial charge in [0.25, 0.3) is 0 Å². The van der Waals surface area contributed by atoms with E-state index in [9.17, 15) is 14.0 Å². The number of nitrogens with one attached hydrogen (secondary N) is 1. The molecule has 2 bridgehead atoms. The number of carbonyl (C=O) groups is 2. The third kappa shape index (κ3) is 2.46. The first-order valence-corrected chi connectivity index (χ1v) is 9.19. The zero-order valence-electron chi connectivity index (χ0n) is 14.9. The van der Waals surface area contributed by atoms with Gasteiger partial charge < -0.3 is 15.0 Å². The van der Waals surface area contributed by atoms with Crippen molar-refractivity contribution in [3.05, 3.63) is 72.3 Å². The monoisotopic (exact) mass is 379 g/mol. The molecule has 3 aliphatic heterocycles. The number of nitrogens with zero attached hydrogens (tertiary/aromatic N) is 2. The van der Waals surface area contributed by atoms with Crippen LogP contribution in [0.5, 0.6) is 0 Å². The van der Waals surface area contributed by atoms with Crippen molar-refractivity contribution < 1.29 is 18.7 Å². The molecule has 0 radical (unpaired) electrons. The van der Waals surface area contributed by atoms with Crippen molar-refractivity contribution in [1.82, 2.24) is 10.3 Å². The predicted molar refractivity (Wildman–Crippen MR) is 98.6 cm³/mol. The molecule has 4 heterocycles.